The molecule has 1 aliphatic heterocycles. The molecule has 0 unspecified atom stereocenters. The van der Waals surface area contributed by atoms with E-state index in [1.807, 2.05) is 24.3 Å². The largest absolute Gasteiger partial charge is 0.354 e. The lowest BCUT2D eigenvalue weighted by Gasteiger charge is -2.15. The summed E-state index contributed by atoms with van der Waals surface area (Å²) in [5, 5.41) is 0. The zero-order chi connectivity index (χ0) is 5.40. The summed E-state index contributed by atoms with van der Waals surface area (Å²) in [4.78, 5) is 4.70. The van der Waals surface area contributed by atoms with Gasteiger partial charge in [-0.3, -0.25) is 0 Å². The number of hydrogen-bond donors (Lipinski definition) is 0. The van der Waals surface area contributed by atoms with Gasteiger partial charge < -0.3 is 4.84 Å². The Labute approximate surface area is 47.0 Å². The molecular weight excluding hydrogens is 102 g/mol. The molecule has 1 heterocycles. The molecule has 0 N–H and O–H groups in total. The highest BCUT2D eigenvalue weighted by molar-refractivity contribution is 5.54. The molecule has 0 fully saturated rings. The molecule has 8 heavy (non-hydrogen) atoms. The molecule has 0 aliphatic carbocycles. The van der Waals surface area contributed by atoms with Crippen LogP contribution in [0.3, 0.4) is 0 Å². The highest BCUT2D eigenvalue weighted by Crippen LogP contribution is 2.30. The zero-order valence-electron chi connectivity index (χ0n) is 4.16. The number of hydrogen-bond acceptors (Lipinski definition) is 1. The zero-order valence-corrected chi connectivity index (χ0v) is 4.16. The molecule has 0 atom stereocenters. The van der Waals surface area contributed by atoms with Crippen LogP contribution < -0.4 is 10.3 Å². The van der Waals surface area contributed by atoms with Gasteiger partial charge >= 0.3 is 0 Å². The summed E-state index contributed by atoms with van der Waals surface area (Å²) < 4.78 is 0. The third kappa shape index (κ3) is 0.320. The number of rotatable bonds is 0. The summed E-state index contributed by atoms with van der Waals surface area (Å²) in [6.07, 6.45) is 0. The van der Waals surface area contributed by atoms with Crippen molar-refractivity contribution in [2.45, 2.75) is 0 Å². The molecule has 0 amide bonds. The fourth-order valence-electron chi connectivity index (χ4n) is 0.669. The van der Waals surface area contributed by atoms with Crippen LogP contribution in [0.25, 0.3) is 0 Å². The molecule has 0 saturated carbocycles. The van der Waals surface area contributed by atoms with Gasteiger partial charge in [0.05, 0.1) is 0 Å². The van der Waals surface area contributed by atoms with Gasteiger partial charge in [0.25, 0.3) is 0 Å². The van der Waals surface area contributed by atoms with E-state index in [2.05, 4.69) is 5.48 Å². The van der Waals surface area contributed by atoms with Crippen molar-refractivity contribution >= 4 is 5.69 Å². The first-order valence-electron chi connectivity index (χ1n) is 2.44. The van der Waals surface area contributed by atoms with Crippen molar-refractivity contribution in [2.75, 3.05) is 0 Å². The summed E-state index contributed by atoms with van der Waals surface area (Å²) in [6, 6.07) is 7.67. The third-order valence-electron chi connectivity index (χ3n) is 1.11. The lowest BCUT2D eigenvalue weighted by molar-refractivity contribution is 0.187. The van der Waals surface area contributed by atoms with Gasteiger partial charge in [-0.25, -0.2) is 0 Å². The van der Waals surface area contributed by atoms with Gasteiger partial charge in [-0.15, -0.1) is 0 Å². The lowest BCUT2D eigenvalue weighted by Crippen LogP contribution is -2.13. The summed E-state index contributed by atoms with van der Waals surface area (Å²) in [7, 11) is 0. The van der Waals surface area contributed by atoms with Crippen molar-refractivity contribution in [3.05, 3.63) is 24.3 Å². The summed E-state index contributed by atoms with van der Waals surface area (Å²) >= 11 is 0. The van der Waals surface area contributed by atoms with Gasteiger partial charge in [0.15, 0.2) is 5.75 Å². The first kappa shape index (κ1) is 3.78. The first-order valence-corrected chi connectivity index (χ1v) is 2.44. The molecule has 2 rings (SSSR count). The highest BCUT2D eigenvalue weighted by Gasteiger charge is 2.13. The molecule has 0 aromatic heterocycles. The van der Waals surface area contributed by atoms with Gasteiger partial charge in [0, 0.05) is 0 Å². The van der Waals surface area contributed by atoms with Crippen LogP contribution in [0.15, 0.2) is 24.3 Å². The van der Waals surface area contributed by atoms with Crippen molar-refractivity contribution in [3.63, 3.8) is 0 Å². The normalized spacial score (nSPS) is 12.5. The molecule has 39 valence electrons. The molecule has 1 aromatic carbocycles. The molecule has 0 saturated heterocycles. The standard InChI is InChI=1S/C6H4NO/c1-2-4-6-5(3-1)7-8-6/h1-4H. The third-order valence-corrected chi connectivity index (χ3v) is 1.11. The molecule has 0 bridgehead atoms. The van der Waals surface area contributed by atoms with E-state index < -0.39 is 0 Å². The van der Waals surface area contributed by atoms with Gasteiger partial charge in [-0.05, 0) is 12.1 Å². The Morgan fingerprint density at radius 2 is 2.12 bits per heavy atom. The smallest absolute Gasteiger partial charge is 0.186 e. The minimum atomic E-state index is 0.882. The number of fused-ring (bicyclic) bond motifs is 1. The van der Waals surface area contributed by atoms with E-state index in [0.717, 1.165) is 11.4 Å². The van der Waals surface area contributed by atoms with Crippen molar-refractivity contribution in [2.24, 2.45) is 0 Å². The Kier molecular flexibility index (Phi) is 0.545. The topological polar surface area (TPSA) is 23.3 Å². The molecule has 1 radical (unpaired) electrons. The highest BCUT2D eigenvalue weighted by atomic mass is 16.7. The van der Waals surface area contributed by atoms with E-state index in [1.54, 1.807) is 0 Å². The maximum absolute atomic E-state index is 4.70. The first-order chi connectivity index (χ1) is 3.97. The molecule has 2 nitrogen and oxygen atoms in total. The Bertz CT molecular complexity index is 186. The quantitative estimate of drug-likeness (QED) is 0.488. The number of para-hydroxylation sites is 1. The van der Waals surface area contributed by atoms with E-state index in [-0.39, 0.29) is 0 Å². The van der Waals surface area contributed by atoms with Crippen LogP contribution in [-0.2, 0) is 0 Å². The van der Waals surface area contributed by atoms with Gasteiger partial charge in [0.1, 0.15) is 5.69 Å². The van der Waals surface area contributed by atoms with E-state index >= 15 is 0 Å². The SMILES string of the molecule is c1ccc2c(c1)[N]O2. The van der Waals surface area contributed by atoms with Gasteiger partial charge in [0.2, 0.25) is 0 Å². The second kappa shape index (κ2) is 1.15. The predicted molar refractivity (Wildman–Crippen MR) is 28.9 cm³/mol. The average Bonchev–Trinajstić information content (AvgIpc) is 1.72. The Morgan fingerprint density at radius 1 is 1.25 bits per heavy atom. The fraction of sp³-hybridized carbons (Fsp3) is 0. The van der Waals surface area contributed by atoms with E-state index in [9.17, 15) is 0 Å². The van der Waals surface area contributed by atoms with Crippen LogP contribution in [0.4, 0.5) is 5.69 Å². The van der Waals surface area contributed by atoms with Crippen molar-refractivity contribution in [1.82, 2.24) is 5.48 Å². The van der Waals surface area contributed by atoms with E-state index in [1.165, 1.54) is 0 Å². The van der Waals surface area contributed by atoms with Gasteiger partial charge in [-0.2, -0.15) is 0 Å². The van der Waals surface area contributed by atoms with Gasteiger partial charge in [-0.1, -0.05) is 17.6 Å². The maximum Gasteiger partial charge on any atom is 0.186 e. The minimum absolute atomic E-state index is 0.882. The average molecular weight is 106 g/mol. The monoisotopic (exact) mass is 106 g/mol. The molecule has 1 aliphatic rings. The number of nitrogens with zero attached hydrogens (tertiary/aromatic N) is 1. The second-order valence-corrected chi connectivity index (χ2v) is 1.65. The lowest BCUT2D eigenvalue weighted by atomic mass is 10.3. The van der Waals surface area contributed by atoms with Crippen LogP contribution >= 0.6 is 0 Å². The predicted octanol–water partition coefficient (Wildman–Crippen LogP) is 1.23. The molecule has 0 spiro atoms. The molecular formula is C6H4NO. The Morgan fingerprint density at radius 3 is 2.50 bits per heavy atom. The number of benzene rings is 1. The van der Waals surface area contributed by atoms with Crippen molar-refractivity contribution in [1.29, 1.82) is 0 Å². The van der Waals surface area contributed by atoms with Crippen LogP contribution in [0.2, 0.25) is 0 Å². The van der Waals surface area contributed by atoms with E-state index in [0.29, 0.717) is 0 Å². The molecule has 1 aromatic rings. The summed E-state index contributed by atoms with van der Waals surface area (Å²) in [6.45, 7) is 0. The minimum Gasteiger partial charge on any atom is -0.354 e. The Hall–Kier alpha value is -1.18. The Balaban J connectivity index is 2.62. The van der Waals surface area contributed by atoms with Crippen LogP contribution in [-0.4, -0.2) is 0 Å². The fourth-order valence-corrected chi connectivity index (χ4v) is 0.669. The maximum atomic E-state index is 4.70. The van der Waals surface area contributed by atoms with Crippen molar-refractivity contribution in [3.8, 4) is 5.75 Å². The summed E-state index contributed by atoms with van der Waals surface area (Å²) in [5.74, 6) is 0.882. The van der Waals surface area contributed by atoms with Crippen LogP contribution in [0, 0.1) is 0 Å². The van der Waals surface area contributed by atoms with Crippen molar-refractivity contribution < 1.29 is 4.84 Å². The second-order valence-electron chi connectivity index (χ2n) is 1.65. The summed E-state index contributed by atoms with van der Waals surface area (Å²) in [5.41, 5.74) is 4.58. The van der Waals surface area contributed by atoms with E-state index in [4.69, 9.17) is 4.84 Å². The van der Waals surface area contributed by atoms with Crippen LogP contribution in [0.5, 0.6) is 5.75 Å². The van der Waals surface area contributed by atoms with Crippen LogP contribution in [0.1, 0.15) is 0 Å². The molecule has 2 heteroatoms.